The molecule has 0 bridgehead atoms. The highest BCUT2D eigenvalue weighted by molar-refractivity contribution is 6.04. The summed E-state index contributed by atoms with van der Waals surface area (Å²) >= 11 is 0. The van der Waals surface area contributed by atoms with Gasteiger partial charge in [-0.3, -0.25) is 19.2 Å². The molecule has 0 N–H and O–H groups in total. The van der Waals surface area contributed by atoms with Crippen molar-refractivity contribution in [1.29, 1.82) is 0 Å². The molecule has 0 saturated heterocycles. The highest BCUT2D eigenvalue weighted by Crippen LogP contribution is 2.35. The first-order valence-electron chi connectivity index (χ1n) is 23.9. The number of nitrogens with zero attached hydrogens (tertiary/aromatic N) is 6. The van der Waals surface area contributed by atoms with E-state index in [-0.39, 0.29) is 45.9 Å². The van der Waals surface area contributed by atoms with Gasteiger partial charge in [0.15, 0.2) is 0 Å². The van der Waals surface area contributed by atoms with Gasteiger partial charge in [0, 0.05) is 0 Å². The lowest BCUT2D eigenvalue weighted by Gasteiger charge is -2.20. The second-order valence-electron chi connectivity index (χ2n) is 19.8. The topological polar surface area (TPSA) is 130 Å². The van der Waals surface area contributed by atoms with Crippen LogP contribution < -0.4 is 22.2 Å². The molecule has 0 amide bonds. The van der Waals surface area contributed by atoms with E-state index in [2.05, 4.69) is 68.5 Å². The lowest BCUT2D eigenvalue weighted by atomic mass is 9.90. The summed E-state index contributed by atoms with van der Waals surface area (Å²) in [4.78, 5) is 77.3. The van der Waals surface area contributed by atoms with E-state index >= 15 is 0 Å². The summed E-state index contributed by atoms with van der Waals surface area (Å²) < 4.78 is 2.68. The second-order valence-corrected chi connectivity index (χ2v) is 19.8. The maximum absolute atomic E-state index is 14.3. The number of benzene rings is 6. The van der Waals surface area contributed by atoms with Crippen molar-refractivity contribution in [2.45, 2.75) is 79.1 Å². The summed E-state index contributed by atoms with van der Waals surface area (Å²) in [5.41, 5.74) is 9.96. The first-order chi connectivity index (χ1) is 33.5. The minimum absolute atomic E-state index is 0.0477. The van der Waals surface area contributed by atoms with E-state index in [1.165, 1.54) is 9.13 Å². The molecular formula is C60H50N6O4. The van der Waals surface area contributed by atoms with Crippen LogP contribution in [0.2, 0.25) is 0 Å². The Morgan fingerprint density at radius 1 is 0.357 bits per heavy atom. The molecule has 10 nitrogen and oxygen atoms in total. The van der Waals surface area contributed by atoms with Gasteiger partial charge in [-0.2, -0.15) is 0 Å². The SMILES string of the molecule is C=Cc1cc(C(C)C)c(-n2c(=O)c3cc4nc5cc6ccc7cc8nc9cc%10c(=O)n(-c%11c(C(C)C)cc(C=C)cc%11C(C)C)c(=O)c%10cc9nc8cc7ccc6cc5nc4cc3c2=O)c(C(C)C)c1. The molecule has 4 aromatic heterocycles. The predicted octanol–water partition coefficient (Wildman–Crippen LogP) is 12.7. The van der Waals surface area contributed by atoms with E-state index in [9.17, 15) is 19.2 Å². The summed E-state index contributed by atoms with van der Waals surface area (Å²) in [6.45, 7) is 24.5. The van der Waals surface area contributed by atoms with Crippen molar-refractivity contribution in [2.75, 3.05) is 0 Å². The molecule has 0 spiro atoms. The molecule has 344 valence electrons. The number of aromatic nitrogens is 6. The number of hydrogen-bond donors (Lipinski definition) is 0. The molecule has 0 atom stereocenters. The number of hydrogen-bond acceptors (Lipinski definition) is 8. The minimum atomic E-state index is -0.376. The van der Waals surface area contributed by atoms with Crippen molar-refractivity contribution >= 4 is 99.4 Å². The lowest BCUT2D eigenvalue weighted by Crippen LogP contribution is -2.26. The summed E-state index contributed by atoms with van der Waals surface area (Å²) in [5.74, 6) is 0.191. The molecule has 4 heterocycles. The summed E-state index contributed by atoms with van der Waals surface area (Å²) in [5, 5.41) is 4.89. The fourth-order valence-corrected chi connectivity index (χ4v) is 10.2. The van der Waals surface area contributed by atoms with E-state index in [4.69, 9.17) is 19.9 Å². The van der Waals surface area contributed by atoms with Gasteiger partial charge in [0.05, 0.1) is 77.1 Å². The van der Waals surface area contributed by atoms with Gasteiger partial charge in [0.1, 0.15) is 0 Å². The maximum Gasteiger partial charge on any atom is 0.266 e. The zero-order valence-corrected chi connectivity index (χ0v) is 40.4. The fraction of sp³-hybridized carbons (Fsp3) is 0.200. The molecule has 0 saturated carbocycles. The zero-order valence-electron chi connectivity index (χ0n) is 40.4. The highest BCUT2D eigenvalue weighted by Gasteiger charge is 2.26. The third kappa shape index (κ3) is 6.83. The van der Waals surface area contributed by atoms with Crippen LogP contribution >= 0.6 is 0 Å². The Morgan fingerprint density at radius 2 is 0.571 bits per heavy atom. The van der Waals surface area contributed by atoms with Crippen LogP contribution in [-0.2, 0) is 0 Å². The zero-order chi connectivity index (χ0) is 49.2. The monoisotopic (exact) mass is 918 g/mol. The summed E-state index contributed by atoms with van der Waals surface area (Å²) in [6.07, 6.45) is 3.59. The molecule has 10 heteroatoms. The van der Waals surface area contributed by atoms with Crippen LogP contribution in [0.5, 0.6) is 0 Å². The Balaban J connectivity index is 1.03. The quantitative estimate of drug-likeness (QED) is 0.138. The third-order valence-electron chi connectivity index (χ3n) is 14.0. The van der Waals surface area contributed by atoms with Gasteiger partial charge in [-0.15, -0.1) is 0 Å². The molecule has 11 rings (SSSR count). The maximum atomic E-state index is 14.3. The molecule has 7 aromatic carbocycles. The lowest BCUT2D eigenvalue weighted by molar-refractivity contribution is 0.795. The molecule has 11 aromatic rings. The van der Waals surface area contributed by atoms with Crippen molar-refractivity contribution in [3.05, 3.63) is 185 Å². The Bertz CT molecular complexity index is 3850. The fourth-order valence-electron chi connectivity index (χ4n) is 10.2. The van der Waals surface area contributed by atoms with Crippen molar-refractivity contribution in [1.82, 2.24) is 29.1 Å². The van der Waals surface area contributed by atoms with Crippen LogP contribution in [0.3, 0.4) is 0 Å². The Labute approximate surface area is 402 Å². The third-order valence-corrected chi connectivity index (χ3v) is 14.0. The van der Waals surface area contributed by atoms with Crippen LogP contribution in [0.25, 0.3) is 111 Å². The Kier molecular flexibility index (Phi) is 10.2. The molecule has 0 aliphatic carbocycles. The summed E-state index contributed by atoms with van der Waals surface area (Å²) in [6, 6.07) is 30.9. The van der Waals surface area contributed by atoms with E-state index in [0.29, 0.717) is 77.1 Å². The van der Waals surface area contributed by atoms with Crippen LogP contribution in [0.4, 0.5) is 0 Å². The highest BCUT2D eigenvalue weighted by atomic mass is 16.2. The van der Waals surface area contributed by atoms with Crippen molar-refractivity contribution in [3.8, 4) is 11.4 Å². The van der Waals surface area contributed by atoms with Crippen LogP contribution in [0.15, 0.2) is 129 Å². The van der Waals surface area contributed by atoms with Gasteiger partial charge < -0.3 is 0 Å². The molecule has 0 unspecified atom stereocenters. The Hall–Kier alpha value is -8.24. The average Bonchev–Trinajstić information content (AvgIpc) is 3.71. The first kappa shape index (κ1) is 44.3. The molecule has 0 fully saturated rings. The molecular weight excluding hydrogens is 869 g/mol. The average molecular weight is 919 g/mol. The van der Waals surface area contributed by atoms with Crippen LogP contribution in [-0.4, -0.2) is 29.1 Å². The van der Waals surface area contributed by atoms with Gasteiger partial charge in [0.2, 0.25) is 0 Å². The van der Waals surface area contributed by atoms with Gasteiger partial charge in [-0.25, -0.2) is 29.1 Å². The smallest absolute Gasteiger partial charge is 0.266 e. The van der Waals surface area contributed by atoms with Crippen molar-refractivity contribution < 1.29 is 0 Å². The normalized spacial score (nSPS) is 12.3. The number of rotatable bonds is 8. The second kappa shape index (κ2) is 16.2. The molecule has 0 aliphatic heterocycles. The van der Waals surface area contributed by atoms with Gasteiger partial charge in [-0.05, 0) is 151 Å². The van der Waals surface area contributed by atoms with E-state index in [1.807, 2.05) is 72.8 Å². The molecule has 0 radical (unpaired) electrons. The standard InChI is InChI=1S/C60H50N6O4/c1-11-33-17-39(29(3)4)55(40(18-33)30(5)6)65-57(67)43-25-51-52(26-44(43)58(65)68)62-48-22-36-14-16-38-24-50-49(23-37(38)15-13-35(36)21-47(48)61-51)63-53-27-45-46(28-54(53)64-50)60(70)66(59(45)69)56-41(31(7)8)19-34(12-2)20-42(56)32(9)10/h11-32H,1-2H2,3-10H3. The van der Waals surface area contributed by atoms with Gasteiger partial charge in [0.25, 0.3) is 22.2 Å². The van der Waals surface area contributed by atoms with Crippen LogP contribution in [0, 0.1) is 0 Å². The molecule has 0 aliphatic rings. The van der Waals surface area contributed by atoms with Gasteiger partial charge >= 0.3 is 0 Å². The van der Waals surface area contributed by atoms with Crippen molar-refractivity contribution in [2.24, 2.45) is 0 Å². The summed E-state index contributed by atoms with van der Waals surface area (Å²) in [7, 11) is 0. The predicted molar refractivity (Wildman–Crippen MR) is 289 cm³/mol. The van der Waals surface area contributed by atoms with Crippen LogP contribution in [0.1, 0.15) is 112 Å². The van der Waals surface area contributed by atoms with E-state index in [0.717, 1.165) is 54.9 Å². The first-order valence-corrected chi connectivity index (χ1v) is 23.9. The number of fused-ring (bicyclic) bond motifs is 8. The Morgan fingerprint density at radius 3 is 0.771 bits per heavy atom. The molecule has 70 heavy (non-hydrogen) atoms. The van der Waals surface area contributed by atoms with Gasteiger partial charge in [-0.1, -0.05) is 105 Å². The van der Waals surface area contributed by atoms with E-state index in [1.54, 1.807) is 36.4 Å². The minimum Gasteiger partial charge on any atom is -0.268 e. The van der Waals surface area contributed by atoms with E-state index < -0.39 is 0 Å². The van der Waals surface area contributed by atoms with Crippen molar-refractivity contribution in [3.63, 3.8) is 0 Å². The largest absolute Gasteiger partial charge is 0.268 e.